The molecule has 17 heavy (non-hydrogen) atoms. The minimum absolute atomic E-state index is 0.807. The summed E-state index contributed by atoms with van der Waals surface area (Å²) in [5, 5.41) is 6.31. The molecule has 88 valence electrons. The molecule has 1 aliphatic rings. The van der Waals surface area contributed by atoms with Crippen LogP contribution in [-0.2, 0) is 13.0 Å². The number of ether oxygens (including phenoxy) is 1. The summed E-state index contributed by atoms with van der Waals surface area (Å²) in [5.41, 5.74) is 3.60. The van der Waals surface area contributed by atoms with Crippen molar-refractivity contribution in [2.45, 2.75) is 13.0 Å². The molecule has 1 aromatic carbocycles. The second kappa shape index (κ2) is 4.47. The van der Waals surface area contributed by atoms with Gasteiger partial charge in [-0.25, -0.2) is 4.98 Å². The van der Waals surface area contributed by atoms with Crippen LogP contribution in [0.4, 0.5) is 0 Å². The van der Waals surface area contributed by atoms with Crippen LogP contribution in [0.5, 0.6) is 5.75 Å². The van der Waals surface area contributed by atoms with Crippen molar-refractivity contribution in [1.29, 1.82) is 0 Å². The van der Waals surface area contributed by atoms with Gasteiger partial charge in [0.15, 0.2) is 0 Å². The van der Waals surface area contributed by atoms with E-state index < -0.39 is 0 Å². The molecular weight excluding hydrogens is 232 g/mol. The lowest BCUT2D eigenvalue weighted by Crippen LogP contribution is -2.04. The van der Waals surface area contributed by atoms with E-state index in [1.165, 1.54) is 11.1 Å². The van der Waals surface area contributed by atoms with Gasteiger partial charge in [-0.3, -0.25) is 0 Å². The van der Waals surface area contributed by atoms with Gasteiger partial charge in [0, 0.05) is 23.9 Å². The third-order valence-electron chi connectivity index (χ3n) is 2.85. The lowest BCUT2D eigenvalue weighted by Gasteiger charge is -2.01. The maximum atomic E-state index is 5.51. The van der Waals surface area contributed by atoms with Crippen LogP contribution in [0, 0.1) is 0 Å². The van der Waals surface area contributed by atoms with Crippen molar-refractivity contribution in [2.24, 2.45) is 0 Å². The molecule has 1 aliphatic heterocycles. The summed E-state index contributed by atoms with van der Waals surface area (Å²) < 4.78 is 5.51. The summed E-state index contributed by atoms with van der Waals surface area (Å²) in [6.07, 6.45) is 1.01. The van der Waals surface area contributed by atoms with Crippen molar-refractivity contribution in [3.63, 3.8) is 0 Å². The largest absolute Gasteiger partial charge is 0.493 e. The third kappa shape index (κ3) is 2.06. The van der Waals surface area contributed by atoms with Crippen LogP contribution in [0.2, 0.25) is 0 Å². The predicted molar refractivity (Wildman–Crippen MR) is 69.5 cm³/mol. The van der Waals surface area contributed by atoms with Crippen LogP contribution >= 0.6 is 11.3 Å². The Morgan fingerprint density at radius 1 is 1.47 bits per heavy atom. The maximum Gasteiger partial charge on any atom is 0.123 e. The van der Waals surface area contributed by atoms with E-state index in [0.29, 0.717) is 0 Å². The molecule has 0 atom stereocenters. The molecule has 1 aromatic heterocycles. The van der Waals surface area contributed by atoms with Gasteiger partial charge >= 0.3 is 0 Å². The highest BCUT2D eigenvalue weighted by atomic mass is 32.1. The minimum atomic E-state index is 0.807. The van der Waals surface area contributed by atoms with Crippen molar-refractivity contribution >= 4 is 11.3 Å². The molecule has 0 radical (unpaired) electrons. The molecule has 0 bridgehead atoms. The zero-order valence-corrected chi connectivity index (χ0v) is 10.5. The molecule has 0 saturated heterocycles. The number of aromatic nitrogens is 1. The van der Waals surface area contributed by atoms with Crippen LogP contribution in [0.1, 0.15) is 11.3 Å². The fourth-order valence-corrected chi connectivity index (χ4v) is 2.84. The molecule has 0 amide bonds. The fourth-order valence-electron chi connectivity index (χ4n) is 2.02. The standard InChI is InChI=1S/C13H14N2OS/c1-14-7-11-8-17-13(15-11)10-2-3-12-9(6-10)4-5-16-12/h2-3,6,8,14H,4-5,7H2,1H3. The Kier molecular flexibility index (Phi) is 2.82. The Hall–Kier alpha value is -1.39. The van der Waals surface area contributed by atoms with Gasteiger partial charge in [0.1, 0.15) is 10.8 Å². The van der Waals surface area contributed by atoms with Crippen molar-refractivity contribution in [3.8, 4) is 16.3 Å². The first kappa shape index (κ1) is 10.7. The molecule has 0 saturated carbocycles. The lowest BCUT2D eigenvalue weighted by atomic mass is 10.1. The van der Waals surface area contributed by atoms with Crippen LogP contribution in [-0.4, -0.2) is 18.6 Å². The Morgan fingerprint density at radius 3 is 3.29 bits per heavy atom. The SMILES string of the molecule is CNCc1csc(-c2ccc3c(c2)CCO3)n1. The summed E-state index contributed by atoms with van der Waals surface area (Å²) in [6.45, 7) is 1.63. The van der Waals surface area contributed by atoms with Crippen LogP contribution in [0.3, 0.4) is 0 Å². The summed E-state index contributed by atoms with van der Waals surface area (Å²) in [4.78, 5) is 4.61. The second-order valence-corrected chi connectivity index (χ2v) is 4.95. The second-order valence-electron chi connectivity index (χ2n) is 4.10. The number of fused-ring (bicyclic) bond motifs is 1. The molecule has 2 aromatic rings. The molecule has 0 unspecified atom stereocenters. The molecule has 3 rings (SSSR count). The van der Waals surface area contributed by atoms with Crippen molar-refractivity contribution in [3.05, 3.63) is 34.8 Å². The highest BCUT2D eigenvalue weighted by molar-refractivity contribution is 7.13. The lowest BCUT2D eigenvalue weighted by molar-refractivity contribution is 0.357. The molecule has 2 heterocycles. The van der Waals surface area contributed by atoms with Crippen molar-refractivity contribution in [1.82, 2.24) is 10.3 Å². The van der Waals surface area contributed by atoms with Gasteiger partial charge in [0.25, 0.3) is 0 Å². The van der Waals surface area contributed by atoms with Gasteiger partial charge in [-0.15, -0.1) is 11.3 Å². The first-order valence-electron chi connectivity index (χ1n) is 5.72. The Balaban J connectivity index is 1.92. The summed E-state index contributed by atoms with van der Waals surface area (Å²) >= 11 is 1.70. The van der Waals surface area contributed by atoms with Gasteiger partial charge < -0.3 is 10.1 Å². The van der Waals surface area contributed by atoms with Crippen LogP contribution in [0.15, 0.2) is 23.6 Å². The molecule has 0 aliphatic carbocycles. The fraction of sp³-hybridized carbons (Fsp3) is 0.308. The predicted octanol–water partition coefficient (Wildman–Crippen LogP) is 2.46. The van der Waals surface area contributed by atoms with Gasteiger partial charge in [-0.05, 0) is 30.8 Å². The molecule has 0 fully saturated rings. The van der Waals surface area contributed by atoms with Crippen molar-refractivity contribution < 1.29 is 4.74 Å². The number of rotatable bonds is 3. The zero-order valence-electron chi connectivity index (χ0n) is 9.69. The summed E-state index contributed by atoms with van der Waals surface area (Å²) in [7, 11) is 1.94. The Bertz CT molecular complexity index is 536. The highest BCUT2D eigenvalue weighted by Crippen LogP contribution is 2.31. The first-order valence-corrected chi connectivity index (χ1v) is 6.60. The molecule has 3 nitrogen and oxygen atoms in total. The first-order chi connectivity index (χ1) is 8.36. The number of thiazole rings is 1. The number of benzene rings is 1. The molecular formula is C13H14N2OS. The zero-order chi connectivity index (χ0) is 11.7. The van der Waals surface area contributed by atoms with E-state index in [-0.39, 0.29) is 0 Å². The smallest absolute Gasteiger partial charge is 0.123 e. The highest BCUT2D eigenvalue weighted by Gasteiger charge is 2.13. The number of nitrogens with one attached hydrogen (secondary N) is 1. The van der Waals surface area contributed by atoms with E-state index in [0.717, 1.165) is 36.0 Å². The van der Waals surface area contributed by atoms with E-state index in [4.69, 9.17) is 4.74 Å². The average molecular weight is 246 g/mol. The number of hydrogen-bond acceptors (Lipinski definition) is 4. The summed E-state index contributed by atoms with van der Waals surface area (Å²) in [5.74, 6) is 1.03. The normalized spacial score (nSPS) is 13.5. The maximum absolute atomic E-state index is 5.51. The molecule has 4 heteroatoms. The minimum Gasteiger partial charge on any atom is -0.493 e. The Morgan fingerprint density at radius 2 is 2.41 bits per heavy atom. The average Bonchev–Trinajstić information content (AvgIpc) is 2.96. The number of hydrogen-bond donors (Lipinski definition) is 1. The molecule has 0 spiro atoms. The van der Waals surface area contributed by atoms with E-state index in [1.54, 1.807) is 11.3 Å². The van der Waals surface area contributed by atoms with Gasteiger partial charge in [-0.2, -0.15) is 0 Å². The van der Waals surface area contributed by atoms with E-state index in [9.17, 15) is 0 Å². The third-order valence-corrected chi connectivity index (χ3v) is 3.79. The molecule has 1 N–H and O–H groups in total. The monoisotopic (exact) mass is 246 g/mol. The topological polar surface area (TPSA) is 34.1 Å². The van der Waals surface area contributed by atoms with Crippen LogP contribution in [0.25, 0.3) is 10.6 Å². The van der Waals surface area contributed by atoms with E-state index in [1.807, 2.05) is 7.05 Å². The van der Waals surface area contributed by atoms with E-state index >= 15 is 0 Å². The number of nitrogens with zero attached hydrogens (tertiary/aromatic N) is 1. The van der Waals surface area contributed by atoms with E-state index in [2.05, 4.69) is 33.9 Å². The summed E-state index contributed by atoms with van der Waals surface area (Å²) in [6, 6.07) is 6.34. The van der Waals surface area contributed by atoms with Crippen molar-refractivity contribution in [2.75, 3.05) is 13.7 Å². The van der Waals surface area contributed by atoms with Crippen LogP contribution < -0.4 is 10.1 Å². The van der Waals surface area contributed by atoms with Gasteiger partial charge in [0.05, 0.1) is 12.3 Å². The van der Waals surface area contributed by atoms with Gasteiger partial charge in [0.2, 0.25) is 0 Å². The Labute approximate surface area is 104 Å². The van der Waals surface area contributed by atoms with Gasteiger partial charge in [-0.1, -0.05) is 0 Å². The quantitative estimate of drug-likeness (QED) is 0.903.